The Bertz CT molecular complexity index is 590. The Morgan fingerprint density at radius 1 is 0.950 bits per heavy atom. The van der Waals surface area contributed by atoms with Crippen molar-refractivity contribution in [2.24, 2.45) is 0 Å². The fourth-order valence-electron chi connectivity index (χ4n) is 1.62. The van der Waals surface area contributed by atoms with Gasteiger partial charge in [0.1, 0.15) is 11.5 Å². The predicted octanol–water partition coefficient (Wildman–Crippen LogP) is 4.06. The summed E-state index contributed by atoms with van der Waals surface area (Å²) in [4.78, 5) is 0. The van der Waals surface area contributed by atoms with Crippen LogP contribution in [0.1, 0.15) is 12.0 Å². The number of rotatable bonds is 6. The largest absolute Gasteiger partial charge is 0.493 e. The number of hydrogen-bond acceptors (Lipinski definition) is 3. The standard InChI is InChI=1S/C16H14ClNO2/c17-15-4-1-2-5-16(15)20-11-3-10-19-14-8-6-13(12-18)7-9-14/h1-2,4-9H,3,10-11H2. The van der Waals surface area contributed by atoms with E-state index < -0.39 is 0 Å². The minimum absolute atomic E-state index is 0.542. The maximum atomic E-state index is 8.69. The lowest BCUT2D eigenvalue weighted by Crippen LogP contribution is -2.05. The van der Waals surface area contributed by atoms with Crippen LogP contribution < -0.4 is 9.47 Å². The van der Waals surface area contributed by atoms with Gasteiger partial charge in [0, 0.05) is 6.42 Å². The van der Waals surface area contributed by atoms with Crippen molar-refractivity contribution in [3.8, 4) is 17.6 Å². The number of ether oxygens (including phenoxy) is 2. The molecule has 0 aliphatic rings. The van der Waals surface area contributed by atoms with E-state index in [-0.39, 0.29) is 0 Å². The Balaban J connectivity index is 1.69. The molecule has 0 N–H and O–H groups in total. The molecule has 0 aliphatic carbocycles. The van der Waals surface area contributed by atoms with Gasteiger partial charge in [-0.25, -0.2) is 0 Å². The first-order valence-electron chi connectivity index (χ1n) is 6.30. The van der Waals surface area contributed by atoms with E-state index in [9.17, 15) is 0 Å². The molecule has 20 heavy (non-hydrogen) atoms. The lowest BCUT2D eigenvalue weighted by Gasteiger charge is -2.09. The third-order valence-electron chi connectivity index (χ3n) is 2.64. The molecule has 0 aliphatic heterocycles. The van der Waals surface area contributed by atoms with Crippen LogP contribution in [-0.2, 0) is 0 Å². The highest BCUT2D eigenvalue weighted by Gasteiger charge is 1.99. The molecule has 0 bridgehead atoms. The van der Waals surface area contributed by atoms with E-state index in [0.717, 1.165) is 12.2 Å². The zero-order valence-corrected chi connectivity index (χ0v) is 11.6. The van der Waals surface area contributed by atoms with Crippen LogP contribution in [0.25, 0.3) is 0 Å². The number of nitriles is 1. The van der Waals surface area contributed by atoms with E-state index in [1.165, 1.54) is 0 Å². The number of nitrogens with zero attached hydrogens (tertiary/aromatic N) is 1. The SMILES string of the molecule is N#Cc1ccc(OCCCOc2ccccc2Cl)cc1. The molecule has 0 amide bonds. The van der Waals surface area contributed by atoms with Gasteiger partial charge in [-0.3, -0.25) is 0 Å². The second-order valence-corrected chi connectivity index (χ2v) is 4.52. The van der Waals surface area contributed by atoms with Crippen LogP contribution in [0.4, 0.5) is 0 Å². The predicted molar refractivity (Wildman–Crippen MR) is 78.2 cm³/mol. The normalized spacial score (nSPS) is 9.80. The summed E-state index contributed by atoms with van der Waals surface area (Å²) in [5.74, 6) is 1.44. The first kappa shape index (κ1) is 14.2. The van der Waals surface area contributed by atoms with Crippen molar-refractivity contribution in [1.82, 2.24) is 0 Å². The minimum atomic E-state index is 0.542. The second kappa shape index (κ2) is 7.42. The van der Waals surface area contributed by atoms with Gasteiger partial charge >= 0.3 is 0 Å². The van der Waals surface area contributed by atoms with Crippen molar-refractivity contribution < 1.29 is 9.47 Å². The number of benzene rings is 2. The lowest BCUT2D eigenvalue weighted by atomic mass is 10.2. The lowest BCUT2D eigenvalue weighted by molar-refractivity contribution is 0.247. The molecule has 0 radical (unpaired) electrons. The third kappa shape index (κ3) is 4.18. The Kier molecular flexibility index (Phi) is 5.28. The van der Waals surface area contributed by atoms with Gasteiger partial charge in [-0.2, -0.15) is 5.26 Å². The summed E-state index contributed by atoms with van der Waals surface area (Å²) in [6, 6.07) is 16.5. The van der Waals surface area contributed by atoms with Gasteiger partial charge in [0.15, 0.2) is 0 Å². The number of para-hydroxylation sites is 1. The molecule has 2 aromatic carbocycles. The fourth-order valence-corrected chi connectivity index (χ4v) is 1.81. The van der Waals surface area contributed by atoms with E-state index in [4.69, 9.17) is 26.3 Å². The van der Waals surface area contributed by atoms with Crippen molar-refractivity contribution in [2.45, 2.75) is 6.42 Å². The van der Waals surface area contributed by atoms with E-state index >= 15 is 0 Å². The van der Waals surface area contributed by atoms with Gasteiger partial charge in [0.25, 0.3) is 0 Å². The van der Waals surface area contributed by atoms with Crippen molar-refractivity contribution in [2.75, 3.05) is 13.2 Å². The van der Waals surface area contributed by atoms with Crippen LogP contribution in [0, 0.1) is 11.3 Å². The molecule has 102 valence electrons. The molecule has 0 aromatic heterocycles. The minimum Gasteiger partial charge on any atom is -0.493 e. The maximum absolute atomic E-state index is 8.69. The van der Waals surface area contributed by atoms with Gasteiger partial charge in [0.05, 0.1) is 29.9 Å². The summed E-state index contributed by atoms with van der Waals surface area (Å²) in [5.41, 5.74) is 0.624. The molecule has 4 heteroatoms. The van der Waals surface area contributed by atoms with Crippen molar-refractivity contribution in [3.63, 3.8) is 0 Å². The summed E-state index contributed by atoms with van der Waals surface area (Å²) in [7, 11) is 0. The van der Waals surface area contributed by atoms with Gasteiger partial charge in [0.2, 0.25) is 0 Å². The highest BCUT2D eigenvalue weighted by molar-refractivity contribution is 6.32. The van der Waals surface area contributed by atoms with Gasteiger partial charge in [-0.1, -0.05) is 23.7 Å². The van der Waals surface area contributed by atoms with Crippen molar-refractivity contribution in [3.05, 3.63) is 59.1 Å². The van der Waals surface area contributed by atoms with Crippen LogP contribution in [0.15, 0.2) is 48.5 Å². The zero-order chi connectivity index (χ0) is 14.2. The third-order valence-corrected chi connectivity index (χ3v) is 2.95. The van der Waals surface area contributed by atoms with Crippen LogP contribution in [-0.4, -0.2) is 13.2 Å². The second-order valence-electron chi connectivity index (χ2n) is 4.12. The molecule has 0 heterocycles. The summed E-state index contributed by atoms with van der Waals surface area (Å²) in [6.45, 7) is 1.09. The highest BCUT2D eigenvalue weighted by Crippen LogP contribution is 2.23. The molecule has 0 saturated carbocycles. The smallest absolute Gasteiger partial charge is 0.137 e. The average Bonchev–Trinajstić information content (AvgIpc) is 2.49. The van der Waals surface area contributed by atoms with Crippen LogP contribution >= 0.6 is 11.6 Å². The summed E-state index contributed by atoms with van der Waals surface area (Å²) >= 11 is 5.98. The van der Waals surface area contributed by atoms with Gasteiger partial charge in [-0.15, -0.1) is 0 Å². The van der Waals surface area contributed by atoms with E-state index in [0.29, 0.717) is 29.5 Å². The Hall–Kier alpha value is -2.18. The number of hydrogen-bond donors (Lipinski definition) is 0. The molecule has 0 spiro atoms. The zero-order valence-electron chi connectivity index (χ0n) is 10.9. The molecule has 3 nitrogen and oxygen atoms in total. The molecule has 2 aromatic rings. The molecule has 0 atom stereocenters. The molecular formula is C16H14ClNO2. The first-order chi connectivity index (χ1) is 9.79. The number of halogens is 1. The van der Waals surface area contributed by atoms with E-state index in [1.54, 1.807) is 30.3 Å². The maximum Gasteiger partial charge on any atom is 0.137 e. The van der Waals surface area contributed by atoms with Gasteiger partial charge < -0.3 is 9.47 Å². The fraction of sp³-hybridized carbons (Fsp3) is 0.188. The molecule has 2 rings (SSSR count). The van der Waals surface area contributed by atoms with Crippen LogP contribution in [0.5, 0.6) is 11.5 Å². The first-order valence-corrected chi connectivity index (χ1v) is 6.67. The molecule has 0 fully saturated rings. The highest BCUT2D eigenvalue weighted by atomic mass is 35.5. The van der Waals surface area contributed by atoms with E-state index in [2.05, 4.69) is 6.07 Å². The molecule has 0 unspecified atom stereocenters. The van der Waals surface area contributed by atoms with Crippen molar-refractivity contribution >= 4 is 11.6 Å². The molecular weight excluding hydrogens is 274 g/mol. The molecule has 0 saturated heterocycles. The van der Waals surface area contributed by atoms with E-state index in [1.807, 2.05) is 18.2 Å². The average molecular weight is 288 g/mol. The Morgan fingerprint density at radius 3 is 2.35 bits per heavy atom. The van der Waals surface area contributed by atoms with Crippen LogP contribution in [0.3, 0.4) is 0 Å². The topological polar surface area (TPSA) is 42.2 Å². The summed E-state index contributed by atoms with van der Waals surface area (Å²) in [5, 5.41) is 9.30. The quantitative estimate of drug-likeness (QED) is 0.753. The summed E-state index contributed by atoms with van der Waals surface area (Å²) < 4.78 is 11.1. The van der Waals surface area contributed by atoms with Crippen molar-refractivity contribution in [1.29, 1.82) is 5.26 Å². The Morgan fingerprint density at radius 2 is 1.65 bits per heavy atom. The monoisotopic (exact) mass is 287 g/mol. The van der Waals surface area contributed by atoms with Gasteiger partial charge in [-0.05, 0) is 36.4 Å². The summed E-state index contributed by atoms with van der Waals surface area (Å²) in [6.07, 6.45) is 0.755. The Labute approximate surface area is 123 Å². The van der Waals surface area contributed by atoms with Crippen LogP contribution in [0.2, 0.25) is 5.02 Å².